The van der Waals surface area contributed by atoms with E-state index in [2.05, 4.69) is 10.2 Å². The second-order valence-electron chi connectivity index (χ2n) is 3.41. The molecule has 0 saturated carbocycles. The van der Waals surface area contributed by atoms with E-state index in [1.165, 1.54) is 12.3 Å². The van der Waals surface area contributed by atoms with Crippen LogP contribution in [0.2, 0.25) is 0 Å². The van der Waals surface area contributed by atoms with Gasteiger partial charge in [0.25, 0.3) is 6.08 Å². The number of benzene rings is 1. The number of allylic oxidation sites excluding steroid dienone is 1. The van der Waals surface area contributed by atoms with Crippen LogP contribution in [0.1, 0.15) is 5.69 Å². The Bertz CT molecular complexity index is 592. The summed E-state index contributed by atoms with van der Waals surface area (Å²) in [5.41, 5.74) is 5.14. The van der Waals surface area contributed by atoms with Crippen LogP contribution < -0.4 is 5.73 Å². The van der Waals surface area contributed by atoms with Gasteiger partial charge < -0.3 is 5.73 Å². The number of hydrogen-bond acceptors (Lipinski definition) is 3. The maximum Gasteiger partial charge on any atom is 0.278 e. The highest BCUT2D eigenvalue weighted by Gasteiger charge is 2.14. The molecule has 0 aliphatic carbocycles. The smallest absolute Gasteiger partial charge is 0.278 e. The number of fused-ring (bicyclic) bond motifs is 1. The Morgan fingerprint density at radius 1 is 1.29 bits per heavy atom. The zero-order valence-electron chi connectivity index (χ0n) is 8.62. The van der Waals surface area contributed by atoms with E-state index in [-0.39, 0.29) is 5.69 Å². The minimum absolute atomic E-state index is 0.148. The van der Waals surface area contributed by atoms with E-state index in [1.807, 2.05) is 0 Å². The predicted molar refractivity (Wildman–Crippen MR) is 59.1 cm³/mol. The van der Waals surface area contributed by atoms with Crippen molar-refractivity contribution < 1.29 is 13.2 Å². The van der Waals surface area contributed by atoms with Crippen molar-refractivity contribution in [1.82, 2.24) is 10.2 Å². The lowest BCUT2D eigenvalue weighted by Crippen LogP contribution is -1.97. The van der Waals surface area contributed by atoms with Crippen LogP contribution in [-0.4, -0.2) is 16.9 Å². The Balaban J connectivity index is 2.75. The Morgan fingerprint density at radius 2 is 2.06 bits per heavy atom. The minimum Gasteiger partial charge on any atom is -0.399 e. The van der Waals surface area contributed by atoms with Gasteiger partial charge in [-0.15, -0.1) is 5.10 Å². The maximum absolute atomic E-state index is 12.6. The summed E-state index contributed by atoms with van der Waals surface area (Å²) in [4.78, 5) is 0. The Morgan fingerprint density at radius 3 is 2.71 bits per heavy atom. The summed E-state index contributed by atoms with van der Waals surface area (Å²) < 4.78 is 37.7. The lowest BCUT2D eigenvalue weighted by Gasteiger charge is -2.05. The topological polar surface area (TPSA) is 51.8 Å². The first kappa shape index (κ1) is 11.4. The molecule has 0 bridgehead atoms. The van der Waals surface area contributed by atoms with Gasteiger partial charge in [-0.3, -0.25) is 0 Å². The monoisotopic (exact) mass is 239 g/mol. The van der Waals surface area contributed by atoms with Gasteiger partial charge in [0.2, 0.25) is 0 Å². The van der Waals surface area contributed by atoms with Crippen molar-refractivity contribution in [2.45, 2.75) is 0 Å². The van der Waals surface area contributed by atoms with Crippen LogP contribution in [0.3, 0.4) is 0 Å². The fourth-order valence-corrected chi connectivity index (χ4v) is 1.53. The zero-order chi connectivity index (χ0) is 12.4. The van der Waals surface area contributed by atoms with Gasteiger partial charge in [-0.1, -0.05) is 6.07 Å². The predicted octanol–water partition coefficient (Wildman–Crippen LogP) is 2.79. The molecule has 0 fully saturated rings. The van der Waals surface area contributed by atoms with Crippen molar-refractivity contribution in [2.75, 3.05) is 12.4 Å². The van der Waals surface area contributed by atoms with E-state index in [4.69, 9.17) is 5.73 Å². The lowest BCUT2D eigenvalue weighted by atomic mass is 10.1. The van der Waals surface area contributed by atoms with Gasteiger partial charge in [-0.25, -0.2) is 4.39 Å². The number of nitrogen functional groups attached to an aromatic ring is 1. The fourth-order valence-electron chi connectivity index (χ4n) is 1.53. The number of nitrogens with two attached hydrogens (primary N) is 1. The summed E-state index contributed by atoms with van der Waals surface area (Å²) in [6.45, 7) is -1.29. The molecule has 1 aromatic carbocycles. The third-order valence-electron chi connectivity index (χ3n) is 2.33. The van der Waals surface area contributed by atoms with Crippen LogP contribution in [0.15, 0.2) is 30.5 Å². The van der Waals surface area contributed by atoms with E-state index < -0.39 is 18.3 Å². The second-order valence-corrected chi connectivity index (χ2v) is 3.41. The molecule has 2 aromatic rings. The molecule has 0 radical (unpaired) electrons. The largest absolute Gasteiger partial charge is 0.399 e. The molecule has 3 nitrogen and oxygen atoms in total. The molecule has 0 unspecified atom stereocenters. The molecule has 17 heavy (non-hydrogen) atoms. The molecular weight excluding hydrogens is 231 g/mol. The maximum atomic E-state index is 12.6. The van der Waals surface area contributed by atoms with Gasteiger partial charge in [-0.05, 0) is 12.1 Å². The van der Waals surface area contributed by atoms with Gasteiger partial charge in [0.05, 0.1) is 11.8 Å². The van der Waals surface area contributed by atoms with E-state index >= 15 is 0 Å². The summed E-state index contributed by atoms with van der Waals surface area (Å²) in [6.07, 6.45) is -0.701. The molecule has 0 atom stereocenters. The van der Waals surface area contributed by atoms with Crippen LogP contribution in [0.4, 0.5) is 18.9 Å². The molecule has 6 heteroatoms. The molecule has 0 spiro atoms. The summed E-state index contributed by atoms with van der Waals surface area (Å²) in [6, 6.07) is 4.63. The van der Waals surface area contributed by atoms with Gasteiger partial charge >= 0.3 is 0 Å². The number of rotatable bonds is 2. The van der Waals surface area contributed by atoms with E-state index in [0.717, 1.165) is 0 Å². The molecule has 0 amide bonds. The van der Waals surface area contributed by atoms with Crippen molar-refractivity contribution in [3.8, 4) is 0 Å². The lowest BCUT2D eigenvalue weighted by molar-refractivity contribution is 0.416. The van der Waals surface area contributed by atoms with Gasteiger partial charge in [-0.2, -0.15) is 13.9 Å². The van der Waals surface area contributed by atoms with Crippen molar-refractivity contribution in [3.05, 3.63) is 36.2 Å². The van der Waals surface area contributed by atoms with Crippen molar-refractivity contribution in [3.63, 3.8) is 0 Å². The van der Waals surface area contributed by atoms with Gasteiger partial charge in [0.1, 0.15) is 12.4 Å². The highest BCUT2D eigenvalue weighted by molar-refractivity contribution is 5.93. The van der Waals surface area contributed by atoms with Gasteiger partial charge in [0, 0.05) is 16.5 Å². The van der Waals surface area contributed by atoms with E-state index in [1.54, 1.807) is 12.1 Å². The first-order valence-corrected chi connectivity index (χ1v) is 4.75. The average molecular weight is 239 g/mol. The number of halogens is 3. The molecular formula is C11H8F3N3. The number of anilines is 1. The third kappa shape index (κ3) is 2.06. The zero-order valence-corrected chi connectivity index (χ0v) is 8.62. The number of aromatic nitrogens is 2. The van der Waals surface area contributed by atoms with E-state index in [0.29, 0.717) is 16.5 Å². The molecule has 88 valence electrons. The third-order valence-corrected chi connectivity index (χ3v) is 2.33. The number of alkyl halides is 1. The van der Waals surface area contributed by atoms with E-state index in [9.17, 15) is 13.2 Å². The first-order valence-electron chi connectivity index (χ1n) is 4.75. The standard InChI is InChI=1S/C11H8F3N3/c12-4-9(11(13)14)10-8-2-1-7(15)3-6(8)5-16-17-10/h1-3,5H,4,15H2. The average Bonchev–Trinajstić information content (AvgIpc) is 2.29. The summed E-state index contributed by atoms with van der Waals surface area (Å²) in [7, 11) is 0. The SMILES string of the molecule is Nc1ccc2c(C(CF)=C(F)F)nncc2c1. The van der Waals surface area contributed by atoms with Crippen LogP contribution in [0, 0.1) is 0 Å². The van der Waals surface area contributed by atoms with Crippen LogP contribution in [0.5, 0.6) is 0 Å². The first-order chi connectivity index (χ1) is 8.13. The Hall–Kier alpha value is -2.11. The minimum atomic E-state index is -2.09. The quantitative estimate of drug-likeness (QED) is 0.820. The highest BCUT2D eigenvalue weighted by Crippen LogP contribution is 2.27. The summed E-state index contributed by atoms with van der Waals surface area (Å²) in [5.74, 6) is 0. The summed E-state index contributed by atoms with van der Waals surface area (Å²) >= 11 is 0. The molecule has 1 aromatic heterocycles. The molecule has 1 heterocycles. The molecule has 2 N–H and O–H groups in total. The highest BCUT2D eigenvalue weighted by atomic mass is 19.3. The van der Waals surface area contributed by atoms with Crippen molar-refractivity contribution >= 4 is 22.0 Å². The Labute approximate surface area is 94.8 Å². The molecule has 0 aliphatic heterocycles. The van der Waals surface area contributed by atoms with Crippen LogP contribution in [-0.2, 0) is 0 Å². The number of nitrogens with zero attached hydrogens (tertiary/aromatic N) is 2. The fraction of sp³-hybridized carbons (Fsp3) is 0.0909. The Kier molecular flexibility index (Phi) is 2.95. The molecule has 2 rings (SSSR count). The molecule has 0 aliphatic rings. The normalized spacial score (nSPS) is 10.5. The van der Waals surface area contributed by atoms with Gasteiger partial charge in [0.15, 0.2) is 0 Å². The van der Waals surface area contributed by atoms with Crippen molar-refractivity contribution in [1.29, 1.82) is 0 Å². The van der Waals surface area contributed by atoms with Crippen LogP contribution in [0.25, 0.3) is 16.3 Å². The van der Waals surface area contributed by atoms with Crippen molar-refractivity contribution in [2.24, 2.45) is 0 Å². The molecule has 0 saturated heterocycles. The second kappa shape index (κ2) is 4.40. The number of hydrogen-bond donors (Lipinski definition) is 1. The van der Waals surface area contributed by atoms with Crippen LogP contribution >= 0.6 is 0 Å². The summed E-state index contributed by atoms with van der Waals surface area (Å²) in [5, 5.41) is 8.07.